The van der Waals surface area contributed by atoms with Crippen molar-refractivity contribution in [3.8, 4) is 0 Å². The fraction of sp³-hybridized carbons (Fsp3) is 0.471. The van der Waals surface area contributed by atoms with Crippen LogP contribution in [-0.4, -0.2) is 33.0 Å². The van der Waals surface area contributed by atoms with E-state index in [2.05, 4.69) is 35.1 Å². The van der Waals surface area contributed by atoms with Crippen LogP contribution in [0.2, 0.25) is 0 Å². The first-order valence-electron chi connectivity index (χ1n) is 7.91. The van der Waals surface area contributed by atoms with Crippen LogP contribution in [0.15, 0.2) is 23.0 Å². The number of aromatic nitrogens is 4. The highest BCUT2D eigenvalue weighted by Crippen LogP contribution is 2.43. The van der Waals surface area contributed by atoms with Crippen LogP contribution < -0.4 is 5.69 Å². The summed E-state index contributed by atoms with van der Waals surface area (Å²) in [6.45, 7) is 5.96. The Labute approximate surface area is 133 Å². The van der Waals surface area contributed by atoms with Gasteiger partial charge in [-0.1, -0.05) is 32.0 Å². The normalized spacial score (nSPS) is 21.1. The molecule has 23 heavy (non-hydrogen) atoms. The summed E-state index contributed by atoms with van der Waals surface area (Å²) < 4.78 is 7.14. The van der Waals surface area contributed by atoms with Crippen LogP contribution in [-0.2, 0) is 11.8 Å². The average molecular weight is 312 g/mol. The van der Waals surface area contributed by atoms with Gasteiger partial charge in [-0.25, -0.2) is 4.79 Å². The van der Waals surface area contributed by atoms with Gasteiger partial charge in [-0.05, 0) is 23.3 Å². The van der Waals surface area contributed by atoms with E-state index in [0.29, 0.717) is 11.6 Å². The number of ether oxygens (including phenoxy) is 1. The first-order valence-corrected chi connectivity index (χ1v) is 7.91. The van der Waals surface area contributed by atoms with Gasteiger partial charge in [0.05, 0.1) is 17.6 Å². The summed E-state index contributed by atoms with van der Waals surface area (Å²) >= 11 is 0. The smallest absolute Gasteiger partial charge is 0.327 e. The summed E-state index contributed by atoms with van der Waals surface area (Å²) in [5.74, 6) is 0.363. The minimum Gasteiger partial charge on any atom is -0.381 e. The first kappa shape index (κ1) is 14.4. The molecular weight excluding hydrogens is 292 g/mol. The van der Waals surface area contributed by atoms with Crippen LogP contribution in [0.5, 0.6) is 0 Å². The van der Waals surface area contributed by atoms with Crippen LogP contribution >= 0.6 is 0 Å². The van der Waals surface area contributed by atoms with Crippen LogP contribution in [0.1, 0.15) is 31.7 Å². The molecule has 1 fully saturated rings. The first-order chi connectivity index (χ1) is 11.0. The Balaban J connectivity index is 2.00. The van der Waals surface area contributed by atoms with E-state index in [1.54, 1.807) is 7.05 Å². The van der Waals surface area contributed by atoms with Gasteiger partial charge in [0, 0.05) is 19.0 Å². The highest BCUT2D eigenvalue weighted by atomic mass is 16.5. The van der Waals surface area contributed by atoms with Crippen molar-refractivity contribution in [1.82, 2.24) is 19.7 Å². The van der Waals surface area contributed by atoms with Crippen molar-refractivity contribution in [3.05, 3.63) is 34.2 Å². The maximum absolute atomic E-state index is 11.9. The van der Waals surface area contributed by atoms with Gasteiger partial charge in [0.1, 0.15) is 0 Å². The lowest BCUT2D eigenvalue weighted by Crippen LogP contribution is -2.33. The number of aromatic amines is 1. The average Bonchev–Trinajstić information content (AvgIpc) is 2.82. The third kappa shape index (κ3) is 2.09. The van der Waals surface area contributed by atoms with Crippen molar-refractivity contribution in [3.63, 3.8) is 0 Å². The predicted molar refractivity (Wildman–Crippen MR) is 88.6 cm³/mol. The molecule has 4 rings (SSSR count). The van der Waals surface area contributed by atoms with Crippen molar-refractivity contribution in [1.29, 1.82) is 0 Å². The van der Waals surface area contributed by atoms with E-state index in [1.807, 2.05) is 12.1 Å². The monoisotopic (exact) mass is 312 g/mol. The second-order valence-electron chi connectivity index (χ2n) is 7.01. The minimum atomic E-state index is -0.168. The molecule has 0 saturated carbocycles. The Morgan fingerprint density at radius 1 is 1.35 bits per heavy atom. The highest BCUT2D eigenvalue weighted by molar-refractivity contribution is 6.01. The number of rotatable bonds is 1. The molecule has 0 radical (unpaired) electrons. The second kappa shape index (κ2) is 4.89. The number of aryl methyl sites for hydroxylation is 1. The van der Waals surface area contributed by atoms with Gasteiger partial charge >= 0.3 is 5.69 Å². The molecule has 6 nitrogen and oxygen atoms in total. The van der Waals surface area contributed by atoms with Crippen molar-refractivity contribution in [2.24, 2.45) is 12.5 Å². The standard InChI is InChI=1S/C17H20N4O2/c1-17(2)9-23-8-7-12(17)10-5-4-6-11-13(10)19-20-15-14(11)18-16(22)21(15)3/h4-6,12H,7-9H2,1-3H3,(H,18,22)/t12-/m1/s1. The Morgan fingerprint density at radius 2 is 2.17 bits per heavy atom. The zero-order valence-electron chi connectivity index (χ0n) is 13.6. The molecule has 0 aliphatic carbocycles. The summed E-state index contributed by atoms with van der Waals surface area (Å²) in [5, 5.41) is 9.69. The highest BCUT2D eigenvalue weighted by Gasteiger charge is 2.35. The number of nitrogens with zero attached hydrogens (tertiary/aromatic N) is 3. The van der Waals surface area contributed by atoms with Crippen LogP contribution in [0.3, 0.4) is 0 Å². The number of fused-ring (bicyclic) bond motifs is 3. The number of benzene rings is 1. The lowest BCUT2D eigenvalue weighted by Gasteiger charge is -2.38. The number of nitrogens with one attached hydrogen (secondary N) is 1. The fourth-order valence-electron chi connectivity index (χ4n) is 3.67. The largest absolute Gasteiger partial charge is 0.381 e. The summed E-state index contributed by atoms with van der Waals surface area (Å²) in [7, 11) is 1.70. The maximum atomic E-state index is 11.9. The van der Waals surface area contributed by atoms with Gasteiger partial charge in [0.25, 0.3) is 0 Å². The number of imidazole rings is 1. The molecule has 1 aliphatic heterocycles. The maximum Gasteiger partial charge on any atom is 0.327 e. The van der Waals surface area contributed by atoms with Gasteiger partial charge in [0.2, 0.25) is 0 Å². The van der Waals surface area contributed by atoms with Crippen molar-refractivity contribution in [2.75, 3.05) is 13.2 Å². The van der Waals surface area contributed by atoms with Crippen LogP contribution in [0.25, 0.3) is 22.1 Å². The topological polar surface area (TPSA) is 72.8 Å². The van der Waals surface area contributed by atoms with E-state index in [1.165, 1.54) is 10.1 Å². The minimum absolute atomic E-state index is 0.0489. The molecule has 1 aliphatic rings. The fourth-order valence-corrected chi connectivity index (χ4v) is 3.67. The summed E-state index contributed by atoms with van der Waals surface area (Å²) in [5.41, 5.74) is 3.29. The van der Waals surface area contributed by atoms with Gasteiger partial charge in [0.15, 0.2) is 5.65 Å². The second-order valence-corrected chi connectivity index (χ2v) is 7.01. The molecule has 1 saturated heterocycles. The van der Waals surface area contributed by atoms with Crippen molar-refractivity contribution in [2.45, 2.75) is 26.2 Å². The molecule has 0 spiro atoms. The Bertz CT molecular complexity index is 954. The summed E-state index contributed by atoms with van der Waals surface area (Å²) in [4.78, 5) is 14.8. The molecule has 1 aromatic carbocycles. The van der Waals surface area contributed by atoms with E-state index < -0.39 is 0 Å². The van der Waals surface area contributed by atoms with Crippen molar-refractivity contribution < 1.29 is 4.74 Å². The molecule has 0 amide bonds. The zero-order chi connectivity index (χ0) is 16.2. The number of hydrogen-bond donors (Lipinski definition) is 1. The van der Waals surface area contributed by atoms with E-state index in [9.17, 15) is 4.79 Å². The molecule has 1 N–H and O–H groups in total. The molecule has 0 unspecified atom stereocenters. The molecule has 6 heteroatoms. The molecule has 1 atom stereocenters. The van der Waals surface area contributed by atoms with Gasteiger partial charge in [-0.3, -0.25) is 4.57 Å². The third-order valence-electron chi connectivity index (χ3n) is 5.00. The molecule has 0 bridgehead atoms. The van der Waals surface area contributed by atoms with Gasteiger partial charge in [-0.15, -0.1) is 10.2 Å². The van der Waals surface area contributed by atoms with Crippen molar-refractivity contribution >= 4 is 22.1 Å². The molecule has 3 aromatic rings. The third-order valence-corrected chi connectivity index (χ3v) is 5.00. The summed E-state index contributed by atoms with van der Waals surface area (Å²) in [6, 6.07) is 6.16. The predicted octanol–water partition coefficient (Wildman–Crippen LogP) is 2.34. The Hall–Kier alpha value is -2.21. The van der Waals surface area contributed by atoms with Crippen LogP contribution in [0.4, 0.5) is 0 Å². The van der Waals surface area contributed by atoms with Gasteiger partial charge < -0.3 is 9.72 Å². The SMILES string of the molecule is Cn1c(=O)[nH]c2c3cccc([C@H]4CCOCC4(C)C)c3nnc21. The van der Waals surface area contributed by atoms with Crippen LogP contribution in [0, 0.1) is 5.41 Å². The molecular formula is C17H20N4O2. The van der Waals surface area contributed by atoms with E-state index in [-0.39, 0.29) is 11.1 Å². The van der Waals surface area contributed by atoms with Gasteiger partial charge in [-0.2, -0.15) is 0 Å². The Morgan fingerprint density at radius 3 is 2.96 bits per heavy atom. The summed E-state index contributed by atoms with van der Waals surface area (Å²) in [6.07, 6.45) is 0.969. The van der Waals surface area contributed by atoms with E-state index in [0.717, 1.165) is 36.1 Å². The molecule has 3 heterocycles. The lowest BCUT2D eigenvalue weighted by molar-refractivity contribution is -0.00421. The van der Waals surface area contributed by atoms with E-state index in [4.69, 9.17) is 4.74 Å². The zero-order valence-corrected chi connectivity index (χ0v) is 13.6. The van der Waals surface area contributed by atoms with E-state index >= 15 is 0 Å². The number of hydrogen-bond acceptors (Lipinski definition) is 4. The molecule has 120 valence electrons. The molecule has 2 aromatic heterocycles. The quantitative estimate of drug-likeness (QED) is 0.748. The number of H-pyrrole nitrogens is 1. The lowest BCUT2D eigenvalue weighted by atomic mass is 9.72. The Kier molecular flexibility index (Phi) is 3.06.